The monoisotopic (exact) mass is 609 g/mol. The average Bonchev–Trinajstić information content (AvgIpc) is 3.22. The lowest BCUT2D eigenvalue weighted by atomic mass is 10.1. The number of anilines is 2. The number of rotatable bonds is 11. The lowest BCUT2D eigenvalue weighted by Gasteiger charge is -2.27. The van der Waals surface area contributed by atoms with E-state index in [0.29, 0.717) is 6.42 Å². The van der Waals surface area contributed by atoms with Gasteiger partial charge in [0.2, 0.25) is 16.0 Å². The summed E-state index contributed by atoms with van der Waals surface area (Å²) in [6.07, 6.45) is 0.0389. The second kappa shape index (κ2) is 13.1. The molecule has 228 valence electrons. The highest BCUT2D eigenvalue weighted by atomic mass is 32.2. The first kappa shape index (κ1) is 31.2. The number of likely N-dealkylation sites (N-methyl/N-ethyl adjacent to an activating group) is 1. The first-order chi connectivity index (χ1) is 20.4. The third-order valence-corrected chi connectivity index (χ3v) is 7.99. The Morgan fingerprint density at radius 3 is 2.21 bits per heavy atom. The van der Waals surface area contributed by atoms with Crippen LogP contribution in [-0.2, 0) is 32.5 Å². The highest BCUT2D eigenvalue weighted by molar-refractivity contribution is 7.92. The molecule has 0 aliphatic heterocycles. The number of benzene rings is 2. The van der Waals surface area contributed by atoms with Crippen molar-refractivity contribution in [3.63, 3.8) is 0 Å². The lowest BCUT2D eigenvalue weighted by Crippen LogP contribution is -2.49. The van der Waals surface area contributed by atoms with Crippen LogP contribution in [0.2, 0.25) is 0 Å². The molecule has 3 N–H and O–H groups in total. The van der Waals surface area contributed by atoms with Crippen LogP contribution in [0.25, 0.3) is 11.2 Å². The molecule has 2 aromatic carbocycles. The zero-order chi connectivity index (χ0) is 31.3. The average molecular weight is 610 g/mol. The molecule has 2 aromatic heterocycles. The summed E-state index contributed by atoms with van der Waals surface area (Å²) in [5.74, 6) is -1.45. The first-order valence-electron chi connectivity index (χ1n) is 13.8. The number of hydrogen-bond donors (Lipinski definition) is 2. The number of carbonyl (C=O) groups excluding carboxylic acids is 2. The van der Waals surface area contributed by atoms with Crippen molar-refractivity contribution in [2.24, 2.45) is 0 Å². The smallest absolute Gasteiger partial charge is 0.339 e. The highest BCUT2D eigenvalue weighted by Gasteiger charge is 2.33. The second-order valence-corrected chi connectivity index (χ2v) is 12.1. The van der Waals surface area contributed by atoms with Gasteiger partial charge in [-0.05, 0) is 31.4 Å². The molecule has 13 nitrogen and oxygen atoms in total. The molecule has 2 heterocycles. The van der Waals surface area contributed by atoms with Crippen LogP contribution >= 0.6 is 0 Å². The summed E-state index contributed by atoms with van der Waals surface area (Å²) < 4.78 is 34.7. The molecule has 0 aliphatic carbocycles. The number of aromatic nitrogens is 4. The summed E-state index contributed by atoms with van der Waals surface area (Å²) in [7, 11) is -2.39. The molecule has 0 saturated heterocycles. The van der Waals surface area contributed by atoms with Gasteiger partial charge in [0.25, 0.3) is 0 Å². The molecule has 0 radical (unpaired) electrons. The van der Waals surface area contributed by atoms with E-state index in [9.17, 15) is 22.8 Å². The fourth-order valence-corrected chi connectivity index (χ4v) is 5.59. The summed E-state index contributed by atoms with van der Waals surface area (Å²) >= 11 is 0. The molecule has 0 spiro atoms. The number of nitrogens with one attached hydrogen (secondary N) is 1. The maximum Gasteiger partial charge on any atom is 0.339 e. The number of amides is 1. The number of esters is 1. The van der Waals surface area contributed by atoms with E-state index < -0.39 is 39.9 Å². The number of fused-ring (bicyclic) bond motifs is 1. The van der Waals surface area contributed by atoms with Gasteiger partial charge in [-0.3, -0.25) is 9.29 Å². The molecule has 0 saturated carbocycles. The third kappa shape index (κ3) is 7.20. The Morgan fingerprint density at radius 2 is 1.63 bits per heavy atom. The number of hydrogen-bond acceptors (Lipinski definition) is 9. The van der Waals surface area contributed by atoms with Gasteiger partial charge >= 0.3 is 17.7 Å². The lowest BCUT2D eigenvalue weighted by molar-refractivity contribution is -0.152. The maximum absolute atomic E-state index is 14.1. The van der Waals surface area contributed by atoms with Gasteiger partial charge in [0.1, 0.15) is 11.6 Å². The molecule has 14 heteroatoms. The number of carbonyl (C=O) groups is 2. The Balaban J connectivity index is 1.85. The Labute approximate surface area is 249 Å². The SMILES string of the molecule is CCCS(=O)(=O)Nc1nc(N)c2c(n1)n(Cc1ccccc1)c(=O)n2C(=O)N(C)[C@@H](Cc1ccccc1)C(=O)OC(C)C. The number of nitrogen functional groups attached to an aromatic ring is 1. The van der Waals surface area contributed by atoms with Crippen LogP contribution in [0.3, 0.4) is 0 Å². The quantitative estimate of drug-likeness (QED) is 0.243. The maximum atomic E-state index is 14.1. The van der Waals surface area contributed by atoms with Gasteiger partial charge in [0.05, 0.1) is 18.4 Å². The van der Waals surface area contributed by atoms with Gasteiger partial charge in [-0.1, -0.05) is 67.6 Å². The van der Waals surface area contributed by atoms with E-state index in [1.165, 1.54) is 11.6 Å². The number of imidazole rings is 1. The number of nitrogens with two attached hydrogens (primary N) is 1. The van der Waals surface area contributed by atoms with Gasteiger partial charge < -0.3 is 15.4 Å². The first-order valence-corrected chi connectivity index (χ1v) is 15.4. The van der Waals surface area contributed by atoms with Crippen LogP contribution < -0.4 is 16.1 Å². The third-order valence-electron chi connectivity index (χ3n) is 6.55. The molecule has 1 atom stereocenters. The van der Waals surface area contributed by atoms with E-state index in [1.54, 1.807) is 45.0 Å². The molecule has 43 heavy (non-hydrogen) atoms. The number of ether oxygens (including phenoxy) is 1. The topological polar surface area (TPSA) is 172 Å². The van der Waals surface area contributed by atoms with E-state index in [2.05, 4.69) is 14.7 Å². The van der Waals surface area contributed by atoms with Crippen molar-refractivity contribution in [3.05, 3.63) is 82.3 Å². The van der Waals surface area contributed by atoms with Crippen LogP contribution in [0.15, 0.2) is 65.5 Å². The largest absolute Gasteiger partial charge is 0.461 e. The molecule has 0 unspecified atom stereocenters. The molecule has 0 aliphatic rings. The predicted octanol–water partition coefficient (Wildman–Crippen LogP) is 2.84. The Hall–Kier alpha value is -4.72. The fourth-order valence-electron chi connectivity index (χ4n) is 4.58. The molecule has 4 aromatic rings. The Bertz CT molecular complexity index is 1770. The zero-order valence-electron chi connectivity index (χ0n) is 24.4. The van der Waals surface area contributed by atoms with Gasteiger partial charge in [-0.2, -0.15) is 9.97 Å². The van der Waals surface area contributed by atoms with Crippen LogP contribution in [0.1, 0.15) is 38.3 Å². The van der Waals surface area contributed by atoms with Crippen LogP contribution in [0.4, 0.5) is 16.6 Å². The van der Waals surface area contributed by atoms with Crippen LogP contribution in [-0.4, -0.2) is 69.4 Å². The van der Waals surface area contributed by atoms with Gasteiger partial charge in [0.15, 0.2) is 11.5 Å². The summed E-state index contributed by atoms with van der Waals surface area (Å²) in [6, 6.07) is 16.1. The van der Waals surface area contributed by atoms with Crippen molar-refractivity contribution in [3.8, 4) is 0 Å². The van der Waals surface area contributed by atoms with Crippen molar-refractivity contribution < 1.29 is 22.7 Å². The zero-order valence-corrected chi connectivity index (χ0v) is 25.2. The number of sulfonamides is 1. The van der Waals surface area contributed by atoms with Crippen molar-refractivity contribution in [2.75, 3.05) is 23.3 Å². The van der Waals surface area contributed by atoms with Crippen LogP contribution in [0, 0.1) is 0 Å². The van der Waals surface area contributed by atoms with Crippen molar-refractivity contribution in [2.45, 2.75) is 52.3 Å². The fraction of sp³-hybridized carbons (Fsp3) is 0.345. The normalized spacial score (nSPS) is 12.3. The van der Waals surface area contributed by atoms with E-state index in [1.807, 2.05) is 36.4 Å². The number of nitrogens with zero attached hydrogens (tertiary/aromatic N) is 5. The Kier molecular flexibility index (Phi) is 9.49. The van der Waals surface area contributed by atoms with E-state index in [-0.39, 0.29) is 41.6 Å². The summed E-state index contributed by atoms with van der Waals surface area (Å²) in [4.78, 5) is 50.7. The minimum atomic E-state index is -3.79. The molecular weight excluding hydrogens is 574 g/mol. The van der Waals surface area contributed by atoms with Gasteiger partial charge in [-0.25, -0.2) is 27.4 Å². The molecule has 0 bridgehead atoms. The van der Waals surface area contributed by atoms with Crippen molar-refractivity contribution in [1.29, 1.82) is 0 Å². The van der Waals surface area contributed by atoms with E-state index in [4.69, 9.17) is 10.5 Å². The minimum Gasteiger partial charge on any atom is -0.461 e. The van der Waals surface area contributed by atoms with E-state index in [0.717, 1.165) is 20.6 Å². The Morgan fingerprint density at radius 1 is 1.02 bits per heavy atom. The molecule has 1 amide bonds. The summed E-state index contributed by atoms with van der Waals surface area (Å²) in [5.41, 5.74) is 6.80. The van der Waals surface area contributed by atoms with Gasteiger partial charge in [0, 0.05) is 13.5 Å². The highest BCUT2D eigenvalue weighted by Crippen LogP contribution is 2.22. The van der Waals surface area contributed by atoms with Crippen molar-refractivity contribution >= 4 is 45.0 Å². The van der Waals surface area contributed by atoms with Crippen LogP contribution in [0.5, 0.6) is 0 Å². The standard InChI is InChI=1S/C29H35N7O6S/c1-5-16-43(40,41)33-27-31-24(30)23-25(32-27)35(18-21-14-10-7-11-15-21)29(39)36(23)28(38)34(4)22(26(37)42-19(2)3)17-20-12-8-6-9-13-20/h6-15,19,22H,5,16-18H2,1-4H3,(H3,30,31,32,33)/t22-/m0/s1. The van der Waals surface area contributed by atoms with Crippen molar-refractivity contribution in [1.82, 2.24) is 24.0 Å². The van der Waals surface area contributed by atoms with E-state index >= 15 is 0 Å². The summed E-state index contributed by atoms with van der Waals surface area (Å²) in [5, 5.41) is 0. The predicted molar refractivity (Wildman–Crippen MR) is 163 cm³/mol. The molecule has 0 fully saturated rings. The molecule has 4 rings (SSSR count). The summed E-state index contributed by atoms with van der Waals surface area (Å²) in [6.45, 7) is 5.11. The second-order valence-electron chi connectivity index (χ2n) is 10.3. The minimum absolute atomic E-state index is 0.000601. The van der Waals surface area contributed by atoms with Gasteiger partial charge in [-0.15, -0.1) is 0 Å². The molecular formula is C29H35N7O6S.